The second-order valence-electron chi connectivity index (χ2n) is 13.1. The van der Waals surface area contributed by atoms with Crippen molar-refractivity contribution >= 4 is 19.0 Å². The van der Waals surface area contributed by atoms with Crippen LogP contribution in [0.4, 0.5) is 0 Å². The summed E-state index contributed by atoms with van der Waals surface area (Å²) in [5, 5.41) is 0. The zero-order valence-corrected chi connectivity index (χ0v) is 28.8. The molecule has 0 radical (unpaired) electrons. The first kappa shape index (κ1) is 27.6. The number of rotatable bonds is 6. The summed E-state index contributed by atoms with van der Waals surface area (Å²) in [7, 11) is 0. The topological polar surface area (TPSA) is 0 Å². The summed E-state index contributed by atoms with van der Waals surface area (Å²) in [4.78, 5) is 0. The molecular weight excluding hydrogens is 576 g/mol. The number of fused-ring (bicyclic) bond motifs is 2. The van der Waals surface area contributed by atoms with Gasteiger partial charge in [-0.25, -0.2) is 0 Å². The molecule has 2 atom stereocenters. The van der Waals surface area contributed by atoms with E-state index in [1.807, 2.05) is 0 Å². The van der Waals surface area contributed by atoms with Gasteiger partial charge in [0.1, 0.15) is 0 Å². The zero-order chi connectivity index (χ0) is 28.3. The average Bonchev–Trinajstić information content (AvgIpc) is 3.49. The van der Waals surface area contributed by atoms with E-state index in [2.05, 4.69) is 158 Å². The van der Waals surface area contributed by atoms with Crippen LogP contribution in [-0.4, -0.2) is 6.88 Å². The molecule has 0 bridgehead atoms. The van der Waals surface area contributed by atoms with Crippen molar-refractivity contribution in [3.05, 3.63) is 130 Å². The van der Waals surface area contributed by atoms with Gasteiger partial charge in [-0.2, -0.15) is 0 Å². The van der Waals surface area contributed by atoms with Gasteiger partial charge in [0.15, 0.2) is 0 Å². The van der Waals surface area contributed by atoms with Gasteiger partial charge < -0.3 is 0 Å². The van der Waals surface area contributed by atoms with Gasteiger partial charge in [0.2, 0.25) is 0 Å². The number of benzene rings is 4. The van der Waals surface area contributed by atoms with Crippen LogP contribution in [0.25, 0.3) is 34.4 Å². The van der Waals surface area contributed by atoms with E-state index in [0.29, 0.717) is 14.5 Å². The third-order valence-electron chi connectivity index (χ3n) is 11.0. The molecule has 0 amide bonds. The van der Waals surface area contributed by atoms with Crippen molar-refractivity contribution < 1.29 is 17.4 Å². The minimum absolute atomic E-state index is 0.526. The molecule has 6 rings (SSSR count). The molecule has 202 valence electrons. The molecule has 0 aromatic heterocycles. The first-order valence-corrected chi connectivity index (χ1v) is 26.5. The van der Waals surface area contributed by atoms with Gasteiger partial charge in [-0.1, -0.05) is 0 Å². The Hall–Kier alpha value is -2.54. The van der Waals surface area contributed by atoms with Crippen molar-refractivity contribution in [2.45, 2.75) is 56.0 Å². The van der Waals surface area contributed by atoms with Gasteiger partial charge in [-0.3, -0.25) is 0 Å². The summed E-state index contributed by atoms with van der Waals surface area (Å²) >= 11 is -3.89. The van der Waals surface area contributed by atoms with Crippen LogP contribution >= 0.6 is 0 Å². The van der Waals surface area contributed by atoms with Crippen molar-refractivity contribution in [1.29, 1.82) is 0 Å². The molecule has 0 fully saturated rings. The van der Waals surface area contributed by atoms with Gasteiger partial charge in [0.25, 0.3) is 0 Å². The van der Waals surface area contributed by atoms with Crippen molar-refractivity contribution in [2.24, 2.45) is 0 Å². The van der Waals surface area contributed by atoms with Gasteiger partial charge in [-0.15, -0.1) is 0 Å². The molecule has 0 N–H and O–H groups in total. The van der Waals surface area contributed by atoms with Crippen LogP contribution in [0.5, 0.6) is 0 Å². The molecular formula is C38H42SiZr. The van der Waals surface area contributed by atoms with Crippen molar-refractivity contribution in [2.75, 3.05) is 0 Å². The van der Waals surface area contributed by atoms with Gasteiger partial charge >= 0.3 is 245 Å². The summed E-state index contributed by atoms with van der Waals surface area (Å²) in [5.41, 5.74) is 14.7. The van der Waals surface area contributed by atoms with E-state index >= 15 is 0 Å². The predicted octanol–water partition coefficient (Wildman–Crippen LogP) is 10.5. The summed E-state index contributed by atoms with van der Waals surface area (Å²) in [6, 6.07) is 36.2. The first-order valence-electron chi connectivity index (χ1n) is 14.9. The van der Waals surface area contributed by atoms with Crippen molar-refractivity contribution in [3.63, 3.8) is 0 Å². The van der Waals surface area contributed by atoms with Crippen LogP contribution in [0.3, 0.4) is 0 Å². The van der Waals surface area contributed by atoms with E-state index in [1.165, 1.54) is 33.4 Å². The maximum absolute atomic E-state index is 3.89. The number of hydrogen-bond acceptors (Lipinski definition) is 0. The van der Waals surface area contributed by atoms with Gasteiger partial charge in [0.05, 0.1) is 0 Å². The van der Waals surface area contributed by atoms with E-state index in [0.717, 1.165) is 0 Å². The molecule has 4 aromatic carbocycles. The molecule has 0 heterocycles. The Bertz CT molecular complexity index is 1590. The van der Waals surface area contributed by atoms with Gasteiger partial charge in [-0.05, 0) is 0 Å². The van der Waals surface area contributed by atoms with E-state index in [1.54, 1.807) is 22.3 Å². The molecule has 40 heavy (non-hydrogen) atoms. The summed E-state index contributed by atoms with van der Waals surface area (Å²) < 4.78 is 2.36. The molecule has 2 aliphatic rings. The molecule has 2 unspecified atom stereocenters. The van der Waals surface area contributed by atoms with Crippen LogP contribution in [0.1, 0.15) is 71.0 Å². The standard InChI is InChI=1S/2C16H13.2C3H7.H2Si.Zr/c2*1-12-10-14-8-5-9-15(16(14)11-12)13-6-3-2-4-7-13;2*1-3-2;;/h2*2-11H,1H3;2*3H,1-2H3;1H2;. The number of hydrogen-bond donors (Lipinski definition) is 0. The van der Waals surface area contributed by atoms with E-state index in [4.69, 9.17) is 0 Å². The Morgan fingerprint density at radius 1 is 0.525 bits per heavy atom. The fraction of sp³-hybridized carbons (Fsp3) is 0.263. The minimum atomic E-state index is -3.89. The summed E-state index contributed by atoms with van der Waals surface area (Å²) in [5.74, 6) is 0. The molecule has 0 aliphatic heterocycles. The van der Waals surface area contributed by atoms with Crippen LogP contribution in [0, 0.1) is 0 Å². The van der Waals surface area contributed by atoms with E-state index in [9.17, 15) is 0 Å². The van der Waals surface area contributed by atoms with Crippen LogP contribution < -0.4 is 0 Å². The Labute approximate surface area is 243 Å². The average molecular weight is 618 g/mol. The SMILES string of the molecule is CC1=Cc2c(-c3ccccc3)cccc2[CH]1[Zr](=[SiH2])([CH](C)C)([CH](C)C)[CH]1C(C)=Cc2c(-c3ccccc3)cccc21. The number of allylic oxidation sites excluding steroid dienone is 2. The fourth-order valence-corrected chi connectivity index (χ4v) is 36.8. The van der Waals surface area contributed by atoms with Crippen LogP contribution in [-0.2, 0) is 17.4 Å². The fourth-order valence-electron chi connectivity index (χ4n) is 8.88. The molecule has 0 saturated carbocycles. The van der Waals surface area contributed by atoms with Gasteiger partial charge in [0, 0.05) is 0 Å². The molecule has 0 saturated heterocycles. The molecule has 4 aromatic rings. The normalized spacial score (nSPS) is 18.5. The Balaban J connectivity index is 1.62. The van der Waals surface area contributed by atoms with E-state index < -0.39 is 17.4 Å². The third kappa shape index (κ3) is 3.79. The monoisotopic (exact) mass is 616 g/mol. The Morgan fingerprint density at radius 2 is 0.900 bits per heavy atom. The third-order valence-corrected chi connectivity index (χ3v) is 50.0. The molecule has 0 spiro atoms. The quantitative estimate of drug-likeness (QED) is 0.189. The van der Waals surface area contributed by atoms with Crippen molar-refractivity contribution in [3.8, 4) is 22.3 Å². The maximum atomic E-state index is 2.58. The van der Waals surface area contributed by atoms with Crippen LogP contribution in [0.15, 0.2) is 108 Å². The van der Waals surface area contributed by atoms with E-state index in [-0.39, 0.29) is 0 Å². The first-order chi connectivity index (χ1) is 19.2. The summed E-state index contributed by atoms with van der Waals surface area (Å²) in [6.07, 6.45) is 5.12. The zero-order valence-electron chi connectivity index (χ0n) is 24.9. The molecule has 2 heteroatoms. The molecule has 2 aliphatic carbocycles. The second kappa shape index (κ2) is 10.1. The predicted molar refractivity (Wildman–Crippen MR) is 175 cm³/mol. The Morgan fingerprint density at radius 3 is 1.25 bits per heavy atom. The summed E-state index contributed by atoms with van der Waals surface area (Å²) in [6.45, 7) is 17.8. The second-order valence-corrected chi connectivity index (χ2v) is 40.2. The molecule has 0 nitrogen and oxygen atoms in total. The van der Waals surface area contributed by atoms with Crippen molar-refractivity contribution in [1.82, 2.24) is 0 Å². The Kier molecular flexibility index (Phi) is 6.96. The van der Waals surface area contributed by atoms with Crippen LogP contribution in [0.2, 0.25) is 7.25 Å².